The Labute approximate surface area is 110 Å². The predicted molar refractivity (Wildman–Crippen MR) is 68.9 cm³/mol. The third-order valence-electron chi connectivity index (χ3n) is 2.07. The Kier molecular flexibility index (Phi) is 5.35. The van der Waals surface area contributed by atoms with E-state index in [2.05, 4.69) is 6.58 Å². The Bertz CT molecular complexity index is 499. The Morgan fingerprint density at radius 3 is 2.47 bits per heavy atom. The van der Waals surface area contributed by atoms with E-state index in [0.29, 0.717) is 11.3 Å². The summed E-state index contributed by atoms with van der Waals surface area (Å²) < 4.78 is 10.0. The summed E-state index contributed by atoms with van der Waals surface area (Å²) in [6.07, 6.45) is 2.74. The molecule has 5 nitrogen and oxygen atoms in total. The highest BCUT2D eigenvalue weighted by Crippen LogP contribution is 2.12. The molecular formula is C14H14O5. The van der Waals surface area contributed by atoms with Gasteiger partial charge in [0.05, 0.1) is 11.8 Å². The number of rotatable bonds is 6. The lowest BCUT2D eigenvalue weighted by Gasteiger charge is -2.03. The molecule has 0 spiro atoms. The molecule has 1 rings (SSSR count). The number of carboxylic acid groups (broad SMARTS) is 1. The number of esters is 1. The summed E-state index contributed by atoms with van der Waals surface area (Å²) in [6, 6.07) is 6.00. The Morgan fingerprint density at radius 1 is 1.32 bits per heavy atom. The standard InChI is InChI=1S/C14H14O5/c1-10(2)14(17)19-9-3-8-18-12-6-4-11(5-7-12)13(15)16/h3-7,9H,1,8H2,2H3,(H,15,16). The van der Waals surface area contributed by atoms with E-state index < -0.39 is 11.9 Å². The average molecular weight is 262 g/mol. The first-order valence-corrected chi connectivity index (χ1v) is 5.48. The van der Waals surface area contributed by atoms with Crippen molar-refractivity contribution in [1.82, 2.24) is 0 Å². The zero-order valence-corrected chi connectivity index (χ0v) is 10.5. The highest BCUT2D eigenvalue weighted by Gasteiger charge is 2.01. The van der Waals surface area contributed by atoms with E-state index >= 15 is 0 Å². The van der Waals surface area contributed by atoms with Gasteiger partial charge in [-0.25, -0.2) is 9.59 Å². The summed E-state index contributed by atoms with van der Waals surface area (Å²) in [5, 5.41) is 8.71. The number of hydrogen-bond donors (Lipinski definition) is 1. The molecule has 5 heteroatoms. The van der Waals surface area contributed by atoms with Crippen LogP contribution in [0.5, 0.6) is 5.75 Å². The van der Waals surface area contributed by atoms with Gasteiger partial charge in [0, 0.05) is 5.57 Å². The van der Waals surface area contributed by atoms with Gasteiger partial charge in [-0.1, -0.05) is 6.58 Å². The topological polar surface area (TPSA) is 72.8 Å². The van der Waals surface area contributed by atoms with Crippen molar-refractivity contribution in [2.75, 3.05) is 6.61 Å². The minimum Gasteiger partial charge on any atom is -0.489 e. The van der Waals surface area contributed by atoms with Gasteiger partial charge < -0.3 is 14.6 Å². The lowest BCUT2D eigenvalue weighted by molar-refractivity contribution is -0.133. The first-order chi connectivity index (χ1) is 9.00. The van der Waals surface area contributed by atoms with Crippen LogP contribution in [0.25, 0.3) is 0 Å². The monoisotopic (exact) mass is 262 g/mol. The van der Waals surface area contributed by atoms with Gasteiger partial charge >= 0.3 is 11.9 Å². The van der Waals surface area contributed by atoms with Crippen molar-refractivity contribution in [1.29, 1.82) is 0 Å². The molecule has 0 aromatic heterocycles. The molecule has 0 amide bonds. The number of benzene rings is 1. The largest absolute Gasteiger partial charge is 0.489 e. The van der Waals surface area contributed by atoms with Crippen molar-refractivity contribution >= 4 is 11.9 Å². The van der Waals surface area contributed by atoms with E-state index in [1.807, 2.05) is 0 Å². The Balaban J connectivity index is 2.37. The zero-order chi connectivity index (χ0) is 14.3. The maximum atomic E-state index is 11.0. The Hall–Kier alpha value is -2.56. The number of carbonyl (C=O) groups excluding carboxylic acids is 1. The molecule has 100 valence electrons. The van der Waals surface area contributed by atoms with Crippen LogP contribution in [0, 0.1) is 0 Å². The van der Waals surface area contributed by atoms with Crippen molar-refractivity contribution in [3.05, 3.63) is 54.3 Å². The highest BCUT2D eigenvalue weighted by molar-refractivity contribution is 5.87. The molecular weight excluding hydrogens is 248 g/mol. The summed E-state index contributed by atoms with van der Waals surface area (Å²) in [6.45, 7) is 5.19. The summed E-state index contributed by atoms with van der Waals surface area (Å²) in [5.41, 5.74) is 0.508. The van der Waals surface area contributed by atoms with Crippen molar-refractivity contribution in [3.8, 4) is 5.75 Å². The molecule has 0 heterocycles. The second-order valence-electron chi connectivity index (χ2n) is 3.70. The van der Waals surface area contributed by atoms with Gasteiger partial charge in [-0.05, 0) is 37.3 Å². The molecule has 0 aliphatic carbocycles. The fraction of sp³-hybridized carbons (Fsp3) is 0.143. The molecule has 0 fully saturated rings. The molecule has 1 aromatic carbocycles. The van der Waals surface area contributed by atoms with Crippen LogP contribution >= 0.6 is 0 Å². The van der Waals surface area contributed by atoms with Crippen molar-refractivity contribution in [2.24, 2.45) is 0 Å². The minimum atomic E-state index is -0.988. The maximum absolute atomic E-state index is 11.0. The van der Waals surface area contributed by atoms with E-state index in [4.69, 9.17) is 14.6 Å². The van der Waals surface area contributed by atoms with Gasteiger partial charge in [-0.15, -0.1) is 0 Å². The summed E-state index contributed by atoms with van der Waals surface area (Å²) in [7, 11) is 0. The molecule has 0 saturated heterocycles. The number of carbonyl (C=O) groups is 2. The van der Waals surface area contributed by atoms with E-state index in [1.54, 1.807) is 19.1 Å². The van der Waals surface area contributed by atoms with Crippen LogP contribution < -0.4 is 4.74 Å². The number of aromatic carboxylic acids is 1. The van der Waals surface area contributed by atoms with Crippen molar-refractivity contribution in [2.45, 2.75) is 6.92 Å². The number of ether oxygens (including phenoxy) is 2. The van der Waals surface area contributed by atoms with Crippen LogP contribution in [-0.4, -0.2) is 23.7 Å². The fourth-order valence-electron chi connectivity index (χ4n) is 1.09. The molecule has 0 atom stereocenters. The van der Waals surface area contributed by atoms with Crippen LogP contribution in [0.2, 0.25) is 0 Å². The normalized spacial score (nSPS) is 10.2. The molecule has 0 aliphatic rings. The van der Waals surface area contributed by atoms with E-state index in [9.17, 15) is 9.59 Å². The predicted octanol–water partition coefficient (Wildman–Crippen LogP) is 2.40. The molecule has 0 saturated carbocycles. The van der Waals surface area contributed by atoms with Gasteiger partial charge in [0.2, 0.25) is 0 Å². The second kappa shape index (κ2) is 7.00. The maximum Gasteiger partial charge on any atom is 0.337 e. The second-order valence-corrected chi connectivity index (χ2v) is 3.70. The van der Waals surface area contributed by atoms with Crippen LogP contribution in [0.3, 0.4) is 0 Å². The number of hydrogen-bond acceptors (Lipinski definition) is 4. The molecule has 0 aliphatic heterocycles. The first kappa shape index (κ1) is 14.5. The van der Waals surface area contributed by atoms with Gasteiger partial charge in [0.1, 0.15) is 12.4 Å². The third kappa shape index (κ3) is 5.08. The SMILES string of the molecule is C=C(C)C(=O)OC=CCOc1ccc(C(=O)O)cc1. The van der Waals surface area contributed by atoms with Gasteiger partial charge in [0.15, 0.2) is 0 Å². The lowest BCUT2D eigenvalue weighted by atomic mass is 10.2. The minimum absolute atomic E-state index is 0.193. The molecule has 0 radical (unpaired) electrons. The van der Waals surface area contributed by atoms with Gasteiger partial charge in [0.25, 0.3) is 0 Å². The van der Waals surface area contributed by atoms with Gasteiger partial charge in [-0.2, -0.15) is 0 Å². The summed E-state index contributed by atoms with van der Waals surface area (Å²) in [4.78, 5) is 21.6. The molecule has 0 unspecified atom stereocenters. The third-order valence-corrected chi connectivity index (χ3v) is 2.07. The molecule has 1 aromatic rings. The smallest absolute Gasteiger partial charge is 0.337 e. The van der Waals surface area contributed by atoms with Gasteiger partial charge in [-0.3, -0.25) is 0 Å². The van der Waals surface area contributed by atoms with Crippen molar-refractivity contribution < 1.29 is 24.2 Å². The summed E-state index contributed by atoms with van der Waals surface area (Å²) >= 11 is 0. The first-order valence-electron chi connectivity index (χ1n) is 5.48. The fourth-order valence-corrected chi connectivity index (χ4v) is 1.09. The van der Waals surface area contributed by atoms with Crippen LogP contribution in [0.1, 0.15) is 17.3 Å². The quantitative estimate of drug-likeness (QED) is 0.484. The van der Waals surface area contributed by atoms with E-state index in [0.717, 1.165) is 0 Å². The van der Waals surface area contributed by atoms with E-state index in [1.165, 1.54) is 24.5 Å². The lowest BCUT2D eigenvalue weighted by Crippen LogP contribution is -2.00. The molecule has 0 bridgehead atoms. The van der Waals surface area contributed by atoms with Crippen LogP contribution in [0.4, 0.5) is 0 Å². The number of carboxylic acids is 1. The molecule has 1 N–H and O–H groups in total. The highest BCUT2D eigenvalue weighted by atomic mass is 16.5. The van der Waals surface area contributed by atoms with E-state index in [-0.39, 0.29) is 12.2 Å². The molecule has 19 heavy (non-hydrogen) atoms. The zero-order valence-electron chi connectivity index (χ0n) is 10.5. The van der Waals surface area contributed by atoms with Crippen LogP contribution in [0.15, 0.2) is 48.8 Å². The Morgan fingerprint density at radius 2 is 1.95 bits per heavy atom. The van der Waals surface area contributed by atoms with Crippen LogP contribution in [-0.2, 0) is 9.53 Å². The van der Waals surface area contributed by atoms with Crippen molar-refractivity contribution in [3.63, 3.8) is 0 Å². The summed E-state index contributed by atoms with van der Waals surface area (Å²) in [5.74, 6) is -0.957. The average Bonchev–Trinajstić information content (AvgIpc) is 2.38.